The highest BCUT2D eigenvalue weighted by Crippen LogP contribution is 2.38. The second-order valence-electron chi connectivity index (χ2n) is 6.15. The van der Waals surface area contributed by atoms with Crippen LogP contribution in [0.2, 0.25) is 5.02 Å². The molecule has 0 amide bonds. The van der Waals surface area contributed by atoms with E-state index in [1.807, 2.05) is 25.1 Å². The Morgan fingerprint density at radius 1 is 1.12 bits per heavy atom. The lowest BCUT2D eigenvalue weighted by Gasteiger charge is -2.12. The molecule has 2 aromatic carbocycles. The first kappa shape index (κ1) is 16.8. The third-order valence-corrected chi connectivity index (χ3v) is 4.47. The number of aryl methyl sites for hydroxylation is 1. The van der Waals surface area contributed by atoms with Crippen molar-refractivity contribution in [1.29, 1.82) is 0 Å². The first-order valence-electron chi connectivity index (χ1n) is 8.35. The molecule has 0 bridgehead atoms. The molecule has 1 aliphatic rings. The molecule has 6 heteroatoms. The van der Waals surface area contributed by atoms with Crippen molar-refractivity contribution in [3.8, 4) is 17.2 Å². The Bertz CT molecular complexity index is 1020. The molecule has 3 aromatic rings. The van der Waals surface area contributed by atoms with Gasteiger partial charge in [-0.25, -0.2) is 4.79 Å². The first-order chi connectivity index (χ1) is 12.6. The van der Waals surface area contributed by atoms with Gasteiger partial charge in [-0.05, 0) is 42.3 Å². The Labute approximate surface area is 155 Å². The SMILES string of the molecule is Cc1cc(=O)oc2cc(OCc3cc(Cl)c4c(c3)OCCCO4)ccc12. The summed E-state index contributed by atoms with van der Waals surface area (Å²) >= 11 is 6.30. The van der Waals surface area contributed by atoms with E-state index in [0.717, 1.165) is 22.9 Å². The van der Waals surface area contributed by atoms with E-state index in [1.54, 1.807) is 12.1 Å². The zero-order valence-corrected chi connectivity index (χ0v) is 15.0. The maximum Gasteiger partial charge on any atom is 0.336 e. The highest BCUT2D eigenvalue weighted by atomic mass is 35.5. The number of hydrogen-bond acceptors (Lipinski definition) is 5. The van der Waals surface area contributed by atoms with Gasteiger partial charge in [0, 0.05) is 23.9 Å². The zero-order chi connectivity index (χ0) is 18.1. The fraction of sp³-hybridized carbons (Fsp3) is 0.250. The predicted octanol–water partition coefficient (Wildman–Crippen LogP) is 4.50. The lowest BCUT2D eigenvalue weighted by atomic mass is 10.1. The quantitative estimate of drug-likeness (QED) is 0.634. The summed E-state index contributed by atoms with van der Waals surface area (Å²) in [7, 11) is 0. The summed E-state index contributed by atoms with van der Waals surface area (Å²) in [5.41, 5.74) is 1.87. The Morgan fingerprint density at radius 2 is 1.96 bits per heavy atom. The van der Waals surface area contributed by atoms with Crippen LogP contribution in [-0.4, -0.2) is 13.2 Å². The van der Waals surface area contributed by atoms with Crippen LogP contribution < -0.4 is 19.8 Å². The predicted molar refractivity (Wildman–Crippen MR) is 98.6 cm³/mol. The van der Waals surface area contributed by atoms with Crippen LogP contribution in [0.15, 0.2) is 45.6 Å². The summed E-state index contributed by atoms with van der Waals surface area (Å²) in [6, 6.07) is 10.6. The topological polar surface area (TPSA) is 57.9 Å². The van der Waals surface area contributed by atoms with E-state index in [2.05, 4.69) is 0 Å². The van der Waals surface area contributed by atoms with Crippen molar-refractivity contribution in [3.05, 3.63) is 63.0 Å². The molecule has 0 radical (unpaired) electrons. The number of rotatable bonds is 3. The fourth-order valence-corrected chi connectivity index (χ4v) is 3.22. The van der Waals surface area contributed by atoms with Crippen LogP contribution in [0.25, 0.3) is 11.0 Å². The van der Waals surface area contributed by atoms with Crippen LogP contribution in [0.3, 0.4) is 0 Å². The van der Waals surface area contributed by atoms with E-state index in [-0.39, 0.29) is 5.63 Å². The van der Waals surface area contributed by atoms with Crippen LogP contribution in [-0.2, 0) is 6.61 Å². The Balaban J connectivity index is 1.57. The van der Waals surface area contributed by atoms with Crippen molar-refractivity contribution in [3.63, 3.8) is 0 Å². The fourth-order valence-electron chi connectivity index (χ4n) is 2.93. The minimum Gasteiger partial charge on any atom is -0.489 e. The Morgan fingerprint density at radius 3 is 2.85 bits per heavy atom. The standard InChI is InChI=1S/C20H17ClO5/c1-12-7-19(22)26-17-10-14(3-4-15(12)17)25-11-13-8-16(21)20-18(9-13)23-5-2-6-24-20/h3-4,7-10H,2,5-6,11H2,1H3. The molecule has 26 heavy (non-hydrogen) atoms. The van der Waals surface area contributed by atoms with Crippen molar-refractivity contribution in [1.82, 2.24) is 0 Å². The average Bonchev–Trinajstić information content (AvgIpc) is 2.85. The molecule has 1 aromatic heterocycles. The van der Waals surface area contributed by atoms with Gasteiger partial charge in [0.05, 0.1) is 18.2 Å². The van der Waals surface area contributed by atoms with E-state index in [4.69, 9.17) is 30.2 Å². The summed E-state index contributed by atoms with van der Waals surface area (Å²) in [6.45, 7) is 3.36. The maximum atomic E-state index is 11.5. The van der Waals surface area contributed by atoms with Crippen molar-refractivity contribution >= 4 is 22.6 Å². The minimum atomic E-state index is -0.373. The summed E-state index contributed by atoms with van der Waals surface area (Å²) < 4.78 is 22.4. The molecule has 0 fully saturated rings. The summed E-state index contributed by atoms with van der Waals surface area (Å²) in [6.07, 6.45) is 0.818. The van der Waals surface area contributed by atoms with E-state index in [0.29, 0.717) is 47.7 Å². The monoisotopic (exact) mass is 372 g/mol. The highest BCUT2D eigenvalue weighted by molar-refractivity contribution is 6.32. The van der Waals surface area contributed by atoms with Crippen LogP contribution in [0.5, 0.6) is 17.2 Å². The lowest BCUT2D eigenvalue weighted by Crippen LogP contribution is -2.00. The molecule has 0 saturated carbocycles. The van der Waals surface area contributed by atoms with Gasteiger partial charge >= 0.3 is 5.63 Å². The number of ether oxygens (including phenoxy) is 3. The molecular weight excluding hydrogens is 356 g/mol. The van der Waals surface area contributed by atoms with Gasteiger partial charge in [0.25, 0.3) is 0 Å². The third kappa shape index (κ3) is 3.35. The van der Waals surface area contributed by atoms with Crippen LogP contribution in [0.1, 0.15) is 17.5 Å². The van der Waals surface area contributed by atoms with Gasteiger partial charge in [-0.1, -0.05) is 11.6 Å². The van der Waals surface area contributed by atoms with E-state index in [9.17, 15) is 4.79 Å². The lowest BCUT2D eigenvalue weighted by molar-refractivity contribution is 0.295. The van der Waals surface area contributed by atoms with Gasteiger partial charge < -0.3 is 18.6 Å². The molecule has 0 spiro atoms. The molecular formula is C20H17ClO5. The number of benzene rings is 2. The summed E-state index contributed by atoms with van der Waals surface area (Å²) in [4.78, 5) is 11.5. The number of fused-ring (bicyclic) bond motifs is 2. The first-order valence-corrected chi connectivity index (χ1v) is 8.73. The number of halogens is 1. The third-order valence-electron chi connectivity index (χ3n) is 4.19. The molecule has 1 aliphatic heterocycles. The second-order valence-corrected chi connectivity index (χ2v) is 6.56. The summed E-state index contributed by atoms with van der Waals surface area (Å²) in [5, 5.41) is 1.39. The zero-order valence-electron chi connectivity index (χ0n) is 14.2. The highest BCUT2D eigenvalue weighted by Gasteiger charge is 2.16. The van der Waals surface area contributed by atoms with Crippen molar-refractivity contribution < 1.29 is 18.6 Å². The smallest absolute Gasteiger partial charge is 0.336 e. The van der Waals surface area contributed by atoms with Gasteiger partial charge in [-0.3, -0.25) is 0 Å². The second kappa shape index (κ2) is 6.92. The molecule has 134 valence electrons. The average molecular weight is 373 g/mol. The molecule has 0 atom stereocenters. The van der Waals surface area contributed by atoms with Crippen LogP contribution >= 0.6 is 11.6 Å². The molecule has 5 nitrogen and oxygen atoms in total. The van der Waals surface area contributed by atoms with Crippen LogP contribution in [0, 0.1) is 6.92 Å². The maximum absolute atomic E-state index is 11.5. The van der Waals surface area contributed by atoms with Crippen molar-refractivity contribution in [2.45, 2.75) is 20.0 Å². The molecule has 0 aliphatic carbocycles. The number of hydrogen-bond donors (Lipinski definition) is 0. The van der Waals surface area contributed by atoms with Crippen molar-refractivity contribution in [2.75, 3.05) is 13.2 Å². The van der Waals surface area contributed by atoms with Gasteiger partial charge in [0.1, 0.15) is 17.9 Å². The molecule has 0 N–H and O–H groups in total. The van der Waals surface area contributed by atoms with Gasteiger partial charge in [0.15, 0.2) is 11.5 Å². The normalized spacial score (nSPS) is 13.5. The molecule has 0 saturated heterocycles. The van der Waals surface area contributed by atoms with Crippen LogP contribution in [0.4, 0.5) is 0 Å². The van der Waals surface area contributed by atoms with Gasteiger partial charge in [-0.15, -0.1) is 0 Å². The molecule has 0 unspecified atom stereocenters. The molecule has 4 rings (SSSR count). The van der Waals surface area contributed by atoms with Crippen molar-refractivity contribution in [2.24, 2.45) is 0 Å². The molecule has 2 heterocycles. The van der Waals surface area contributed by atoms with E-state index in [1.165, 1.54) is 6.07 Å². The Kier molecular flexibility index (Phi) is 4.47. The van der Waals surface area contributed by atoms with Gasteiger partial charge in [0.2, 0.25) is 0 Å². The van der Waals surface area contributed by atoms with Gasteiger partial charge in [-0.2, -0.15) is 0 Å². The summed E-state index contributed by atoms with van der Waals surface area (Å²) in [5.74, 6) is 1.82. The Hall–Kier alpha value is -2.66. The van der Waals surface area contributed by atoms with E-state index < -0.39 is 0 Å². The van der Waals surface area contributed by atoms with E-state index >= 15 is 0 Å². The largest absolute Gasteiger partial charge is 0.489 e. The minimum absolute atomic E-state index is 0.303.